The number of hydrogen-bond acceptors (Lipinski definition) is 10. The van der Waals surface area contributed by atoms with Gasteiger partial charge in [0.1, 0.15) is 23.5 Å². The summed E-state index contributed by atoms with van der Waals surface area (Å²) in [4.78, 5) is 7.90. The van der Waals surface area contributed by atoms with E-state index in [0.717, 1.165) is 6.20 Å². The van der Waals surface area contributed by atoms with Gasteiger partial charge in [0.15, 0.2) is 29.0 Å². The third-order valence-corrected chi connectivity index (χ3v) is 5.26. The van der Waals surface area contributed by atoms with Crippen LogP contribution in [0.25, 0.3) is 5.70 Å². The van der Waals surface area contributed by atoms with Crippen LogP contribution in [0, 0.1) is 17.0 Å². The highest BCUT2D eigenvalue weighted by molar-refractivity contribution is 6.07. The highest BCUT2D eigenvalue weighted by Crippen LogP contribution is 2.28. The Kier molecular flexibility index (Phi) is 7.69. The Morgan fingerprint density at radius 1 is 1.08 bits per heavy atom. The van der Waals surface area contributed by atoms with Crippen molar-refractivity contribution in [1.82, 2.24) is 20.4 Å². The lowest BCUT2D eigenvalue weighted by Gasteiger charge is -2.14. The summed E-state index contributed by atoms with van der Waals surface area (Å²) in [6, 6.07) is 11.6. The van der Waals surface area contributed by atoms with Gasteiger partial charge in [0.25, 0.3) is 0 Å². The van der Waals surface area contributed by atoms with Crippen molar-refractivity contribution in [1.29, 1.82) is 5.41 Å². The van der Waals surface area contributed by atoms with Crippen molar-refractivity contribution in [2.24, 2.45) is 0 Å². The molecule has 12 heteroatoms. The molecule has 0 spiro atoms. The number of aromatic hydroxyl groups is 2. The minimum atomic E-state index is -1.16. The van der Waals surface area contributed by atoms with Crippen LogP contribution in [-0.4, -0.2) is 42.7 Å². The third kappa shape index (κ3) is 6.24. The van der Waals surface area contributed by atoms with E-state index in [4.69, 9.17) is 9.93 Å². The van der Waals surface area contributed by atoms with E-state index in [9.17, 15) is 24.1 Å². The first-order chi connectivity index (χ1) is 17.8. The molecule has 0 fully saturated rings. The number of anilines is 1. The minimum Gasteiger partial charge on any atom is -0.504 e. The summed E-state index contributed by atoms with van der Waals surface area (Å²) in [5.74, 6) is -2.33. The Morgan fingerprint density at radius 2 is 1.89 bits per heavy atom. The van der Waals surface area contributed by atoms with Gasteiger partial charge in [0, 0.05) is 24.7 Å². The van der Waals surface area contributed by atoms with E-state index in [0.29, 0.717) is 17.0 Å². The molecule has 0 aliphatic rings. The van der Waals surface area contributed by atoms with Gasteiger partial charge in [-0.15, -0.1) is 0 Å². The van der Waals surface area contributed by atoms with E-state index in [-0.39, 0.29) is 41.8 Å². The highest BCUT2D eigenvalue weighted by atomic mass is 19.1. The Labute approximate surface area is 209 Å². The standard InChI is InChI=1S/C25H22F2N6O4/c26-16-4-2-1-3-15(16)11-29-20(19-7-8-37-33-19)10-18(28)25-30-12-17(27)24(32-25)31-13-23(36)14-5-6-21(34)22(35)9-14/h1-10,12,23,28-29,34-36H,11,13H2,(H,30,31,32)/b20-10-,28-18?. The molecule has 0 aliphatic carbocycles. The van der Waals surface area contributed by atoms with Gasteiger partial charge in [0.2, 0.25) is 0 Å². The Morgan fingerprint density at radius 3 is 2.62 bits per heavy atom. The maximum absolute atomic E-state index is 14.3. The largest absolute Gasteiger partial charge is 0.504 e. The fraction of sp³-hybridized carbons (Fsp3) is 0.120. The molecule has 4 aromatic rings. The Bertz CT molecular complexity index is 1430. The van der Waals surface area contributed by atoms with E-state index in [1.165, 1.54) is 36.6 Å². The van der Waals surface area contributed by atoms with Gasteiger partial charge >= 0.3 is 0 Å². The van der Waals surface area contributed by atoms with Crippen LogP contribution in [0.3, 0.4) is 0 Å². The molecule has 37 heavy (non-hydrogen) atoms. The second-order valence-corrected chi connectivity index (χ2v) is 7.84. The van der Waals surface area contributed by atoms with Crippen molar-refractivity contribution < 1.29 is 28.6 Å². The van der Waals surface area contributed by atoms with Crippen LogP contribution in [-0.2, 0) is 6.54 Å². The fourth-order valence-corrected chi connectivity index (χ4v) is 3.29. The molecule has 2 aromatic heterocycles. The molecule has 1 unspecified atom stereocenters. The van der Waals surface area contributed by atoms with E-state index in [1.54, 1.807) is 24.3 Å². The van der Waals surface area contributed by atoms with Crippen molar-refractivity contribution >= 4 is 17.2 Å². The number of hydrogen-bond donors (Lipinski definition) is 6. The zero-order valence-electron chi connectivity index (χ0n) is 19.2. The van der Waals surface area contributed by atoms with Crippen LogP contribution in [0.5, 0.6) is 11.5 Å². The summed E-state index contributed by atoms with van der Waals surface area (Å²) in [6.07, 6.45) is 2.41. The molecular weight excluding hydrogens is 486 g/mol. The van der Waals surface area contributed by atoms with Crippen LogP contribution in [0.1, 0.15) is 28.7 Å². The van der Waals surface area contributed by atoms with E-state index in [2.05, 4.69) is 25.8 Å². The number of benzene rings is 2. The maximum Gasteiger partial charge on any atom is 0.183 e. The molecule has 0 aliphatic heterocycles. The third-order valence-electron chi connectivity index (χ3n) is 5.26. The number of rotatable bonds is 10. The first kappa shape index (κ1) is 25.3. The smallest absolute Gasteiger partial charge is 0.183 e. The number of nitrogens with one attached hydrogen (secondary N) is 3. The normalized spacial score (nSPS) is 12.2. The molecule has 0 radical (unpaired) electrons. The predicted molar refractivity (Wildman–Crippen MR) is 130 cm³/mol. The Hall–Kier alpha value is -4.84. The van der Waals surface area contributed by atoms with Gasteiger partial charge in [-0.2, -0.15) is 0 Å². The van der Waals surface area contributed by atoms with E-state index < -0.39 is 23.5 Å². The van der Waals surface area contributed by atoms with Gasteiger partial charge in [-0.3, -0.25) is 5.41 Å². The van der Waals surface area contributed by atoms with Crippen molar-refractivity contribution in [3.8, 4) is 11.5 Å². The average molecular weight is 508 g/mol. The number of allylic oxidation sites excluding steroid dienone is 1. The first-order valence-corrected chi connectivity index (χ1v) is 11.0. The summed E-state index contributed by atoms with van der Waals surface area (Å²) >= 11 is 0. The highest BCUT2D eigenvalue weighted by Gasteiger charge is 2.15. The summed E-state index contributed by atoms with van der Waals surface area (Å²) < 4.78 is 33.2. The molecule has 0 saturated carbocycles. The fourth-order valence-electron chi connectivity index (χ4n) is 3.29. The topological polar surface area (TPSA) is 160 Å². The monoisotopic (exact) mass is 508 g/mol. The van der Waals surface area contributed by atoms with Crippen LogP contribution in [0.4, 0.5) is 14.6 Å². The summed E-state index contributed by atoms with van der Waals surface area (Å²) in [5.41, 5.74) is 1.15. The first-order valence-electron chi connectivity index (χ1n) is 11.0. The lowest BCUT2D eigenvalue weighted by molar-refractivity contribution is 0.191. The van der Waals surface area contributed by atoms with Gasteiger partial charge in [-0.05, 0) is 29.8 Å². The van der Waals surface area contributed by atoms with Crippen molar-refractivity contribution in [2.75, 3.05) is 11.9 Å². The van der Waals surface area contributed by atoms with E-state index >= 15 is 0 Å². The van der Waals surface area contributed by atoms with Crippen LogP contribution in [0.15, 0.2) is 71.6 Å². The lowest BCUT2D eigenvalue weighted by atomic mass is 10.1. The number of halogens is 2. The average Bonchev–Trinajstić information content (AvgIpc) is 3.43. The van der Waals surface area contributed by atoms with Gasteiger partial charge in [-0.1, -0.05) is 29.4 Å². The quantitative estimate of drug-likeness (QED) is 0.139. The minimum absolute atomic E-state index is 0.0976. The van der Waals surface area contributed by atoms with Crippen LogP contribution in [0.2, 0.25) is 0 Å². The number of aromatic nitrogens is 3. The van der Waals surface area contributed by atoms with E-state index in [1.807, 2.05) is 0 Å². The van der Waals surface area contributed by atoms with Gasteiger partial charge < -0.3 is 30.5 Å². The molecule has 0 saturated heterocycles. The van der Waals surface area contributed by atoms with Crippen LogP contribution < -0.4 is 10.6 Å². The molecule has 6 N–H and O–H groups in total. The number of phenols is 2. The zero-order chi connectivity index (χ0) is 26.4. The number of aliphatic hydroxyl groups excluding tert-OH is 1. The second kappa shape index (κ2) is 11.3. The molecule has 10 nitrogen and oxygen atoms in total. The predicted octanol–water partition coefficient (Wildman–Crippen LogP) is 3.50. The Balaban J connectivity index is 1.50. The van der Waals surface area contributed by atoms with Gasteiger partial charge in [0.05, 0.1) is 18.0 Å². The van der Waals surface area contributed by atoms with Crippen molar-refractivity contribution in [3.63, 3.8) is 0 Å². The molecule has 0 bridgehead atoms. The summed E-state index contributed by atoms with van der Waals surface area (Å²) in [6.45, 7) is -0.0877. The van der Waals surface area contributed by atoms with Crippen LogP contribution >= 0.6 is 0 Å². The van der Waals surface area contributed by atoms with Gasteiger partial charge in [-0.25, -0.2) is 18.7 Å². The molecule has 2 aromatic carbocycles. The molecule has 190 valence electrons. The molecule has 1 atom stereocenters. The zero-order valence-corrected chi connectivity index (χ0v) is 19.2. The lowest BCUT2D eigenvalue weighted by Crippen LogP contribution is -2.17. The molecule has 0 amide bonds. The molecule has 4 rings (SSSR count). The number of aliphatic hydroxyl groups is 1. The summed E-state index contributed by atoms with van der Waals surface area (Å²) in [5, 5.41) is 47.3. The SMILES string of the molecule is N=C(/C=C(\NCc1ccccc1F)c1ccon1)c1ncc(F)c(NCC(O)c2ccc(O)c(O)c2)n1. The van der Waals surface area contributed by atoms with Crippen molar-refractivity contribution in [2.45, 2.75) is 12.6 Å². The second-order valence-electron chi connectivity index (χ2n) is 7.84. The molecular formula is C25H22F2N6O4. The molecule has 2 heterocycles. The maximum atomic E-state index is 14.3. The number of nitrogens with zero attached hydrogens (tertiary/aromatic N) is 3. The number of phenolic OH excluding ortho intramolecular Hbond substituents is 2. The summed E-state index contributed by atoms with van der Waals surface area (Å²) in [7, 11) is 0. The van der Waals surface area contributed by atoms with Crippen molar-refractivity contribution in [3.05, 3.63) is 101 Å².